The highest BCUT2D eigenvalue weighted by Crippen LogP contribution is 1.93. The molecule has 0 aliphatic carbocycles. The third-order valence-electron chi connectivity index (χ3n) is 1.72. The fourth-order valence-corrected chi connectivity index (χ4v) is 0.988. The van der Waals surface area contributed by atoms with Gasteiger partial charge in [0.25, 0.3) is 6.43 Å². The second-order valence-corrected chi connectivity index (χ2v) is 3.67. The molecule has 0 aromatic heterocycles. The molecule has 0 aliphatic heterocycles. The first-order chi connectivity index (χ1) is 7.52. The average molecular weight is 238 g/mol. The lowest BCUT2D eigenvalue weighted by atomic mass is 10.4. The minimum atomic E-state index is -2.47. The molecule has 0 atom stereocenters. The molecule has 0 aromatic carbocycles. The van der Waals surface area contributed by atoms with Gasteiger partial charge in [0, 0.05) is 25.6 Å². The van der Waals surface area contributed by atoms with Crippen molar-refractivity contribution in [3.63, 3.8) is 0 Å². The van der Waals surface area contributed by atoms with E-state index >= 15 is 0 Å². The number of rotatable bonds is 9. The molecule has 0 unspecified atom stereocenters. The van der Waals surface area contributed by atoms with E-state index < -0.39 is 13.0 Å². The number of nitrogens with one attached hydrogen (secondary N) is 2. The van der Waals surface area contributed by atoms with Gasteiger partial charge in [-0.05, 0) is 0 Å². The molecule has 0 bridgehead atoms. The number of halogens is 2. The van der Waals surface area contributed by atoms with Gasteiger partial charge in [0.05, 0.1) is 6.61 Å². The molecule has 2 N–H and O–H groups in total. The molecule has 16 heavy (non-hydrogen) atoms. The first-order valence-electron chi connectivity index (χ1n) is 5.38. The number of alkyl halides is 2. The molecule has 0 aromatic rings. The van der Waals surface area contributed by atoms with Gasteiger partial charge in [-0.1, -0.05) is 13.8 Å². The minimum Gasteiger partial charge on any atom is -0.375 e. The average Bonchev–Trinajstić information content (AvgIpc) is 2.19. The van der Waals surface area contributed by atoms with Crippen molar-refractivity contribution in [2.24, 2.45) is 0 Å². The molecule has 96 valence electrons. The number of ether oxygens (including phenoxy) is 1. The Kier molecular flexibility index (Phi) is 9.03. The van der Waals surface area contributed by atoms with E-state index in [9.17, 15) is 13.6 Å². The van der Waals surface area contributed by atoms with Crippen molar-refractivity contribution in [1.29, 1.82) is 0 Å². The topological polar surface area (TPSA) is 50.4 Å². The van der Waals surface area contributed by atoms with E-state index in [-0.39, 0.29) is 18.9 Å². The van der Waals surface area contributed by atoms with Crippen LogP contribution in [0.4, 0.5) is 8.78 Å². The summed E-state index contributed by atoms with van der Waals surface area (Å²) < 4.78 is 27.9. The van der Waals surface area contributed by atoms with Crippen LogP contribution in [-0.4, -0.2) is 44.7 Å². The fourth-order valence-electron chi connectivity index (χ4n) is 0.988. The molecule has 0 fully saturated rings. The Morgan fingerprint density at radius 1 is 1.31 bits per heavy atom. The van der Waals surface area contributed by atoms with Gasteiger partial charge in [-0.15, -0.1) is 0 Å². The van der Waals surface area contributed by atoms with Crippen LogP contribution in [0.25, 0.3) is 0 Å². The third-order valence-corrected chi connectivity index (χ3v) is 1.72. The SMILES string of the molecule is CC(C)NCCNC(=O)CCOCC(F)F. The highest BCUT2D eigenvalue weighted by molar-refractivity contribution is 5.75. The summed E-state index contributed by atoms with van der Waals surface area (Å²) in [5.74, 6) is -0.181. The van der Waals surface area contributed by atoms with E-state index in [2.05, 4.69) is 15.4 Å². The van der Waals surface area contributed by atoms with Gasteiger partial charge in [0.2, 0.25) is 5.91 Å². The predicted molar refractivity (Wildman–Crippen MR) is 57.6 cm³/mol. The predicted octanol–water partition coefficient (Wildman–Crippen LogP) is 0.772. The van der Waals surface area contributed by atoms with Crippen molar-refractivity contribution in [2.45, 2.75) is 32.7 Å². The Hall–Kier alpha value is -0.750. The molecule has 0 saturated heterocycles. The summed E-state index contributed by atoms with van der Waals surface area (Å²) in [4.78, 5) is 11.1. The highest BCUT2D eigenvalue weighted by atomic mass is 19.3. The lowest BCUT2D eigenvalue weighted by Gasteiger charge is -2.09. The zero-order valence-electron chi connectivity index (χ0n) is 9.76. The number of hydrogen-bond acceptors (Lipinski definition) is 3. The van der Waals surface area contributed by atoms with E-state index in [1.807, 2.05) is 13.8 Å². The van der Waals surface area contributed by atoms with Gasteiger partial charge in [-0.25, -0.2) is 8.78 Å². The Labute approximate surface area is 94.7 Å². The van der Waals surface area contributed by atoms with Crippen molar-refractivity contribution in [1.82, 2.24) is 10.6 Å². The Morgan fingerprint density at radius 2 is 2.00 bits per heavy atom. The maximum atomic E-state index is 11.6. The van der Waals surface area contributed by atoms with Gasteiger partial charge >= 0.3 is 0 Å². The van der Waals surface area contributed by atoms with Crippen LogP contribution in [0.1, 0.15) is 20.3 Å². The molecular weight excluding hydrogens is 218 g/mol. The summed E-state index contributed by atoms with van der Waals surface area (Å²) in [5, 5.41) is 5.80. The van der Waals surface area contributed by atoms with Crippen LogP contribution >= 0.6 is 0 Å². The normalized spacial score (nSPS) is 11.1. The third kappa shape index (κ3) is 11.3. The number of hydrogen-bond donors (Lipinski definition) is 2. The van der Waals surface area contributed by atoms with Crippen molar-refractivity contribution < 1.29 is 18.3 Å². The zero-order chi connectivity index (χ0) is 12.4. The van der Waals surface area contributed by atoms with E-state index in [1.165, 1.54) is 0 Å². The molecule has 0 saturated carbocycles. The molecule has 0 heterocycles. The van der Waals surface area contributed by atoms with Gasteiger partial charge in [-0.3, -0.25) is 4.79 Å². The maximum absolute atomic E-state index is 11.6. The van der Waals surface area contributed by atoms with Crippen LogP contribution in [0.2, 0.25) is 0 Å². The van der Waals surface area contributed by atoms with Gasteiger partial charge in [-0.2, -0.15) is 0 Å². The summed E-state index contributed by atoms with van der Waals surface area (Å²) in [5.41, 5.74) is 0. The van der Waals surface area contributed by atoms with Crippen LogP contribution in [-0.2, 0) is 9.53 Å². The van der Waals surface area contributed by atoms with E-state index in [4.69, 9.17) is 0 Å². The van der Waals surface area contributed by atoms with Crippen LogP contribution in [0.3, 0.4) is 0 Å². The molecule has 0 aliphatic rings. The summed E-state index contributed by atoms with van der Waals surface area (Å²) in [6.07, 6.45) is -2.35. The van der Waals surface area contributed by atoms with Gasteiger partial charge in [0.1, 0.15) is 6.61 Å². The van der Waals surface area contributed by atoms with Crippen LogP contribution in [0.15, 0.2) is 0 Å². The standard InChI is InChI=1S/C10H20F2N2O2/c1-8(2)13-4-5-14-10(15)3-6-16-7-9(11)12/h8-9,13H,3-7H2,1-2H3,(H,14,15). The summed E-state index contributed by atoms with van der Waals surface area (Å²) in [6, 6.07) is 0.381. The second-order valence-electron chi connectivity index (χ2n) is 3.67. The molecule has 0 radical (unpaired) electrons. The van der Waals surface area contributed by atoms with Gasteiger partial charge < -0.3 is 15.4 Å². The quantitative estimate of drug-likeness (QED) is 0.583. The van der Waals surface area contributed by atoms with Crippen LogP contribution < -0.4 is 10.6 Å². The van der Waals surface area contributed by atoms with Crippen molar-refractivity contribution >= 4 is 5.91 Å². The molecule has 1 amide bonds. The lowest BCUT2D eigenvalue weighted by Crippen LogP contribution is -2.34. The molecule has 0 spiro atoms. The fraction of sp³-hybridized carbons (Fsp3) is 0.900. The molecule has 6 heteroatoms. The molecule has 0 rings (SSSR count). The monoisotopic (exact) mass is 238 g/mol. The first kappa shape index (κ1) is 15.2. The number of amides is 1. The lowest BCUT2D eigenvalue weighted by molar-refractivity contribution is -0.122. The Morgan fingerprint density at radius 3 is 2.56 bits per heavy atom. The largest absolute Gasteiger partial charge is 0.375 e. The zero-order valence-corrected chi connectivity index (χ0v) is 9.76. The van der Waals surface area contributed by atoms with Crippen molar-refractivity contribution in [3.05, 3.63) is 0 Å². The number of carbonyl (C=O) groups excluding carboxylic acids is 1. The van der Waals surface area contributed by atoms with E-state index in [0.29, 0.717) is 19.1 Å². The Balaban J connectivity index is 3.25. The van der Waals surface area contributed by atoms with Crippen LogP contribution in [0.5, 0.6) is 0 Å². The summed E-state index contributed by atoms with van der Waals surface area (Å²) >= 11 is 0. The summed E-state index contributed by atoms with van der Waals surface area (Å²) in [6.45, 7) is 4.68. The first-order valence-corrected chi connectivity index (χ1v) is 5.38. The molecular formula is C10H20F2N2O2. The maximum Gasteiger partial charge on any atom is 0.261 e. The minimum absolute atomic E-state index is 0.0355. The van der Waals surface area contributed by atoms with E-state index in [0.717, 1.165) is 0 Å². The van der Waals surface area contributed by atoms with Crippen LogP contribution in [0, 0.1) is 0 Å². The summed E-state index contributed by atoms with van der Waals surface area (Å²) in [7, 11) is 0. The van der Waals surface area contributed by atoms with Gasteiger partial charge in [0.15, 0.2) is 0 Å². The van der Waals surface area contributed by atoms with Crippen molar-refractivity contribution in [3.8, 4) is 0 Å². The smallest absolute Gasteiger partial charge is 0.261 e. The van der Waals surface area contributed by atoms with E-state index in [1.54, 1.807) is 0 Å². The van der Waals surface area contributed by atoms with Crippen molar-refractivity contribution in [2.75, 3.05) is 26.3 Å². The Bertz CT molecular complexity index is 172. The molecule has 4 nitrogen and oxygen atoms in total. The highest BCUT2D eigenvalue weighted by Gasteiger charge is 2.04. The second kappa shape index (κ2) is 9.47. The number of carbonyl (C=O) groups is 1.